The number of rotatable bonds is 2. The zero-order chi connectivity index (χ0) is 15.3. The van der Waals surface area contributed by atoms with Crippen LogP contribution in [0.15, 0.2) is 54.8 Å². The fourth-order valence-corrected chi connectivity index (χ4v) is 1.51. The van der Waals surface area contributed by atoms with Gasteiger partial charge in [-0.1, -0.05) is 24.3 Å². The summed E-state index contributed by atoms with van der Waals surface area (Å²) in [5.74, 6) is -0.0206. The predicted molar refractivity (Wildman–Crippen MR) is 70.6 cm³/mol. The Hall–Kier alpha value is -2.57. The lowest BCUT2D eigenvalue weighted by Gasteiger charge is -2.11. The van der Waals surface area contributed by atoms with Gasteiger partial charge in [0.1, 0.15) is 11.9 Å². The van der Waals surface area contributed by atoms with Crippen LogP contribution < -0.4 is 5.32 Å². The molecule has 0 aromatic carbocycles. The summed E-state index contributed by atoms with van der Waals surface area (Å²) < 4.78 is 42.1. The van der Waals surface area contributed by atoms with Crippen molar-refractivity contribution < 1.29 is 22.7 Å². The second-order valence-electron chi connectivity index (χ2n) is 4.08. The quantitative estimate of drug-likeness (QED) is 0.905. The summed E-state index contributed by atoms with van der Waals surface area (Å²) in [5, 5.41) is 2.26. The van der Waals surface area contributed by atoms with Gasteiger partial charge in [-0.25, -0.2) is 9.78 Å². The van der Waals surface area contributed by atoms with E-state index in [1.807, 2.05) is 0 Å². The number of hydrogen-bond donors (Lipinski definition) is 1. The molecule has 0 bridgehead atoms. The van der Waals surface area contributed by atoms with Crippen molar-refractivity contribution in [1.82, 2.24) is 4.98 Å². The number of nitrogens with one attached hydrogen (secondary N) is 1. The zero-order valence-electron chi connectivity index (χ0n) is 10.7. The molecule has 0 spiro atoms. The van der Waals surface area contributed by atoms with E-state index in [1.165, 1.54) is 0 Å². The molecule has 0 radical (unpaired) electrons. The molecule has 0 atom stereocenters. The number of nitrogens with zero attached hydrogens (tertiary/aromatic N) is 1. The molecule has 0 saturated heterocycles. The first-order valence-corrected chi connectivity index (χ1v) is 5.98. The highest BCUT2D eigenvalue weighted by atomic mass is 19.4. The summed E-state index contributed by atoms with van der Waals surface area (Å²) in [7, 11) is 0. The normalized spacial score (nSPS) is 14.8. The van der Waals surface area contributed by atoms with Gasteiger partial charge in [0.15, 0.2) is 0 Å². The molecule has 2 rings (SSSR count). The van der Waals surface area contributed by atoms with Crippen LogP contribution in [0.1, 0.15) is 5.56 Å². The van der Waals surface area contributed by atoms with E-state index in [4.69, 9.17) is 4.74 Å². The highest BCUT2D eigenvalue weighted by Crippen LogP contribution is 2.28. The summed E-state index contributed by atoms with van der Waals surface area (Å²) in [6, 6.07) is 1.89. The first-order valence-electron chi connectivity index (χ1n) is 5.98. The molecule has 1 aromatic heterocycles. The van der Waals surface area contributed by atoms with E-state index in [9.17, 15) is 18.0 Å². The number of aromatic nitrogens is 1. The van der Waals surface area contributed by atoms with Crippen molar-refractivity contribution in [3.63, 3.8) is 0 Å². The Labute approximate surface area is 118 Å². The van der Waals surface area contributed by atoms with E-state index in [2.05, 4.69) is 10.3 Å². The van der Waals surface area contributed by atoms with Crippen molar-refractivity contribution in [2.75, 3.05) is 5.32 Å². The number of hydrogen-bond acceptors (Lipinski definition) is 3. The van der Waals surface area contributed by atoms with E-state index in [0.717, 1.165) is 12.1 Å². The smallest absolute Gasteiger partial charge is 0.417 e. The lowest BCUT2D eigenvalue weighted by molar-refractivity contribution is -0.137. The van der Waals surface area contributed by atoms with Crippen molar-refractivity contribution >= 4 is 11.9 Å². The summed E-state index contributed by atoms with van der Waals surface area (Å²) >= 11 is 0. The second kappa shape index (κ2) is 6.25. The SMILES string of the molecule is O=C(Nc1ccc(C(F)(F)F)cn1)OC1C=CC=CC=C1. The number of ether oxygens (including phenoxy) is 1. The highest BCUT2D eigenvalue weighted by Gasteiger charge is 2.30. The van der Waals surface area contributed by atoms with Crippen molar-refractivity contribution in [1.29, 1.82) is 0 Å². The maximum absolute atomic E-state index is 12.4. The average molecular weight is 296 g/mol. The first-order chi connectivity index (χ1) is 9.95. The fourth-order valence-electron chi connectivity index (χ4n) is 1.51. The third kappa shape index (κ3) is 4.48. The molecule has 0 unspecified atom stereocenters. The van der Waals surface area contributed by atoms with Gasteiger partial charge in [0.25, 0.3) is 0 Å². The summed E-state index contributed by atoms with van der Waals surface area (Å²) in [5.41, 5.74) is -0.887. The average Bonchev–Trinajstić information content (AvgIpc) is 2.67. The first kappa shape index (κ1) is 14.8. The minimum Gasteiger partial charge on any atom is -0.437 e. The summed E-state index contributed by atoms with van der Waals surface area (Å²) in [6.07, 6.45) is 5.12. The molecule has 1 aliphatic rings. The van der Waals surface area contributed by atoms with Gasteiger partial charge >= 0.3 is 12.3 Å². The molecular formula is C14H11F3N2O2. The number of allylic oxidation sites excluding steroid dienone is 4. The molecule has 1 aromatic rings. The van der Waals surface area contributed by atoms with Crippen LogP contribution in [0.2, 0.25) is 0 Å². The number of halogens is 3. The van der Waals surface area contributed by atoms with Crippen LogP contribution in [-0.4, -0.2) is 17.2 Å². The Balaban J connectivity index is 1.94. The van der Waals surface area contributed by atoms with Gasteiger partial charge in [-0.2, -0.15) is 13.2 Å². The van der Waals surface area contributed by atoms with Crippen molar-refractivity contribution in [2.24, 2.45) is 0 Å². The number of carbonyl (C=O) groups excluding carboxylic acids is 1. The minimum atomic E-state index is -4.46. The number of alkyl halides is 3. The Morgan fingerprint density at radius 3 is 2.33 bits per heavy atom. The molecule has 1 aliphatic carbocycles. The van der Waals surface area contributed by atoms with Crippen LogP contribution >= 0.6 is 0 Å². The van der Waals surface area contributed by atoms with Crippen LogP contribution in [0.25, 0.3) is 0 Å². The maximum atomic E-state index is 12.4. The largest absolute Gasteiger partial charge is 0.437 e. The minimum absolute atomic E-state index is 0.0206. The third-order valence-corrected chi connectivity index (χ3v) is 2.50. The standard InChI is InChI=1S/C14H11F3N2O2/c15-14(16,17)10-7-8-12(18-9-10)19-13(20)21-11-5-3-1-2-4-6-11/h1-9,11H,(H,18,19,20). The molecule has 110 valence electrons. The fraction of sp³-hybridized carbons (Fsp3) is 0.143. The molecule has 7 heteroatoms. The van der Waals surface area contributed by atoms with Crippen LogP contribution in [0.4, 0.5) is 23.8 Å². The van der Waals surface area contributed by atoms with Crippen LogP contribution in [0.3, 0.4) is 0 Å². The molecule has 1 N–H and O–H groups in total. The molecule has 0 fully saturated rings. The lowest BCUT2D eigenvalue weighted by Crippen LogP contribution is -2.20. The molecule has 0 saturated carbocycles. The van der Waals surface area contributed by atoms with Gasteiger partial charge in [0.05, 0.1) is 5.56 Å². The van der Waals surface area contributed by atoms with Crippen LogP contribution in [0.5, 0.6) is 0 Å². The van der Waals surface area contributed by atoms with Gasteiger partial charge in [0.2, 0.25) is 0 Å². The monoisotopic (exact) mass is 296 g/mol. The van der Waals surface area contributed by atoms with E-state index in [1.54, 1.807) is 36.5 Å². The van der Waals surface area contributed by atoms with Crippen LogP contribution in [0, 0.1) is 0 Å². The van der Waals surface area contributed by atoms with Crippen molar-refractivity contribution in [3.05, 3.63) is 60.3 Å². The number of carbonyl (C=O) groups is 1. The van der Waals surface area contributed by atoms with E-state index in [-0.39, 0.29) is 5.82 Å². The molecule has 21 heavy (non-hydrogen) atoms. The highest BCUT2D eigenvalue weighted by molar-refractivity contribution is 5.83. The molecule has 1 heterocycles. The Bertz CT molecular complexity index is 573. The zero-order valence-corrected chi connectivity index (χ0v) is 10.7. The molecule has 0 aliphatic heterocycles. The second-order valence-corrected chi connectivity index (χ2v) is 4.08. The van der Waals surface area contributed by atoms with Crippen LogP contribution in [-0.2, 0) is 10.9 Å². The Morgan fingerprint density at radius 2 is 1.81 bits per heavy atom. The summed E-state index contributed by atoms with van der Waals surface area (Å²) in [4.78, 5) is 15.1. The van der Waals surface area contributed by atoms with Gasteiger partial charge in [-0.3, -0.25) is 5.32 Å². The number of anilines is 1. The lowest BCUT2D eigenvalue weighted by atomic mass is 10.3. The van der Waals surface area contributed by atoms with E-state index in [0.29, 0.717) is 6.20 Å². The number of pyridine rings is 1. The maximum Gasteiger partial charge on any atom is 0.417 e. The van der Waals surface area contributed by atoms with Gasteiger partial charge in [0, 0.05) is 6.20 Å². The molecule has 4 nitrogen and oxygen atoms in total. The van der Waals surface area contributed by atoms with Gasteiger partial charge < -0.3 is 4.74 Å². The predicted octanol–water partition coefficient (Wildman–Crippen LogP) is 3.70. The third-order valence-electron chi connectivity index (χ3n) is 2.50. The van der Waals surface area contributed by atoms with Crippen molar-refractivity contribution in [3.8, 4) is 0 Å². The molecular weight excluding hydrogens is 285 g/mol. The summed E-state index contributed by atoms with van der Waals surface area (Å²) in [6.45, 7) is 0. The van der Waals surface area contributed by atoms with Gasteiger partial charge in [-0.15, -0.1) is 0 Å². The topological polar surface area (TPSA) is 51.2 Å². The van der Waals surface area contributed by atoms with Crippen molar-refractivity contribution in [2.45, 2.75) is 12.3 Å². The van der Waals surface area contributed by atoms with E-state index < -0.39 is 23.9 Å². The number of amides is 1. The Morgan fingerprint density at radius 1 is 1.14 bits per heavy atom. The van der Waals surface area contributed by atoms with E-state index >= 15 is 0 Å². The molecule has 1 amide bonds. The van der Waals surface area contributed by atoms with Gasteiger partial charge in [-0.05, 0) is 24.3 Å². The Kier molecular flexibility index (Phi) is 4.42.